The van der Waals surface area contributed by atoms with E-state index in [9.17, 15) is 12.8 Å². The van der Waals surface area contributed by atoms with Gasteiger partial charge in [0.25, 0.3) is 10.2 Å². The molecule has 0 spiro atoms. The fraction of sp³-hybridized carbons (Fsp3) is 0.250. The smallest absolute Gasteiger partial charge is 0.299 e. The molecular weight excluding hydrogens is 221 g/mol. The van der Waals surface area contributed by atoms with E-state index in [-0.39, 0.29) is 18.8 Å². The van der Waals surface area contributed by atoms with Gasteiger partial charge in [0.05, 0.1) is 5.69 Å². The first-order chi connectivity index (χ1) is 7.03. The molecule has 0 amide bonds. The van der Waals surface area contributed by atoms with Crippen LogP contribution in [0.1, 0.15) is 0 Å². The zero-order chi connectivity index (χ0) is 11.3. The molecule has 0 aliphatic heterocycles. The Morgan fingerprint density at radius 1 is 1.40 bits per heavy atom. The molecule has 0 fully saturated rings. The maximum Gasteiger partial charge on any atom is 0.299 e. The molecule has 0 heterocycles. The topological polar surface area (TPSA) is 84.2 Å². The monoisotopic (exact) mass is 233 g/mol. The molecule has 7 heteroatoms. The van der Waals surface area contributed by atoms with E-state index < -0.39 is 16.0 Å². The van der Waals surface area contributed by atoms with Crippen molar-refractivity contribution in [3.8, 4) is 0 Å². The molecule has 84 valence electrons. The summed E-state index contributed by atoms with van der Waals surface area (Å²) < 4.78 is 39.6. The average molecular weight is 233 g/mol. The SMILES string of the molecule is NCCNS(=O)(=O)Nc1cccc(F)c1. The molecule has 0 aliphatic carbocycles. The third-order valence-electron chi connectivity index (χ3n) is 1.51. The Labute approximate surface area is 87.7 Å². The van der Waals surface area contributed by atoms with E-state index in [0.717, 1.165) is 6.07 Å². The lowest BCUT2D eigenvalue weighted by Gasteiger charge is -2.08. The summed E-state index contributed by atoms with van der Waals surface area (Å²) in [5.41, 5.74) is 5.30. The van der Waals surface area contributed by atoms with Gasteiger partial charge < -0.3 is 5.73 Å². The Bertz CT molecular complexity index is 422. The van der Waals surface area contributed by atoms with Gasteiger partial charge in [-0.05, 0) is 18.2 Å². The van der Waals surface area contributed by atoms with Crippen LogP contribution in [-0.2, 0) is 10.2 Å². The van der Waals surface area contributed by atoms with Gasteiger partial charge in [-0.15, -0.1) is 0 Å². The lowest BCUT2D eigenvalue weighted by atomic mass is 10.3. The fourth-order valence-corrected chi connectivity index (χ4v) is 1.83. The number of rotatable bonds is 5. The molecule has 0 aromatic heterocycles. The number of halogens is 1. The molecule has 4 N–H and O–H groups in total. The first kappa shape index (κ1) is 11.9. The van der Waals surface area contributed by atoms with Crippen LogP contribution < -0.4 is 15.2 Å². The van der Waals surface area contributed by atoms with Gasteiger partial charge in [0.2, 0.25) is 0 Å². The number of nitrogens with one attached hydrogen (secondary N) is 2. The molecule has 0 atom stereocenters. The quantitative estimate of drug-likeness (QED) is 0.671. The van der Waals surface area contributed by atoms with E-state index >= 15 is 0 Å². The zero-order valence-corrected chi connectivity index (χ0v) is 8.72. The molecule has 1 aromatic rings. The van der Waals surface area contributed by atoms with Gasteiger partial charge in [0.1, 0.15) is 5.82 Å². The highest BCUT2D eigenvalue weighted by atomic mass is 32.2. The Morgan fingerprint density at radius 2 is 2.13 bits per heavy atom. The summed E-state index contributed by atoms with van der Waals surface area (Å²) in [4.78, 5) is 0. The number of benzene rings is 1. The zero-order valence-electron chi connectivity index (χ0n) is 7.90. The maximum absolute atomic E-state index is 12.7. The molecule has 0 radical (unpaired) electrons. The molecule has 0 saturated carbocycles. The second-order valence-corrected chi connectivity index (χ2v) is 4.30. The van der Waals surface area contributed by atoms with Gasteiger partial charge >= 0.3 is 0 Å². The maximum atomic E-state index is 12.7. The first-order valence-corrected chi connectivity index (χ1v) is 5.75. The molecule has 1 aromatic carbocycles. The average Bonchev–Trinajstić information content (AvgIpc) is 2.14. The summed E-state index contributed by atoms with van der Waals surface area (Å²) in [5.74, 6) is -0.506. The van der Waals surface area contributed by atoms with Crippen molar-refractivity contribution in [2.45, 2.75) is 0 Å². The minimum atomic E-state index is -3.66. The Balaban J connectivity index is 2.69. The van der Waals surface area contributed by atoms with Crippen LogP contribution in [0, 0.1) is 5.82 Å². The van der Waals surface area contributed by atoms with E-state index in [1.165, 1.54) is 18.2 Å². The van der Waals surface area contributed by atoms with Crippen LogP contribution in [-0.4, -0.2) is 21.5 Å². The largest absolute Gasteiger partial charge is 0.329 e. The van der Waals surface area contributed by atoms with Gasteiger partial charge in [-0.2, -0.15) is 13.1 Å². The number of anilines is 1. The second kappa shape index (κ2) is 5.06. The number of hydrogen-bond acceptors (Lipinski definition) is 3. The molecular formula is C8H12FN3O2S. The van der Waals surface area contributed by atoms with Gasteiger partial charge in [0, 0.05) is 13.1 Å². The molecule has 5 nitrogen and oxygen atoms in total. The standard InChI is InChI=1S/C8H12FN3O2S/c9-7-2-1-3-8(6-7)12-15(13,14)11-5-4-10/h1-3,6,11-12H,4-5,10H2. The minimum absolute atomic E-state index is 0.130. The van der Waals surface area contributed by atoms with E-state index in [1.54, 1.807) is 0 Å². The number of hydrogen-bond donors (Lipinski definition) is 3. The van der Waals surface area contributed by atoms with Crippen LogP contribution in [0.15, 0.2) is 24.3 Å². The lowest BCUT2D eigenvalue weighted by molar-refractivity contribution is 0.587. The van der Waals surface area contributed by atoms with Crippen molar-refractivity contribution in [1.29, 1.82) is 0 Å². The molecule has 15 heavy (non-hydrogen) atoms. The summed E-state index contributed by atoms with van der Waals surface area (Å²) in [5, 5.41) is 0. The highest BCUT2D eigenvalue weighted by molar-refractivity contribution is 7.90. The summed E-state index contributed by atoms with van der Waals surface area (Å²) >= 11 is 0. The Hall–Kier alpha value is -1.18. The van der Waals surface area contributed by atoms with Crippen LogP contribution in [0.4, 0.5) is 10.1 Å². The minimum Gasteiger partial charge on any atom is -0.329 e. The van der Waals surface area contributed by atoms with E-state index in [2.05, 4.69) is 9.44 Å². The number of nitrogens with two attached hydrogens (primary N) is 1. The highest BCUT2D eigenvalue weighted by Crippen LogP contribution is 2.09. The second-order valence-electron chi connectivity index (χ2n) is 2.80. The first-order valence-electron chi connectivity index (χ1n) is 4.26. The van der Waals surface area contributed by atoms with Crippen molar-refractivity contribution < 1.29 is 12.8 Å². The van der Waals surface area contributed by atoms with E-state index in [4.69, 9.17) is 5.73 Å². The van der Waals surface area contributed by atoms with Gasteiger partial charge in [0.15, 0.2) is 0 Å². The lowest BCUT2D eigenvalue weighted by Crippen LogP contribution is -2.33. The van der Waals surface area contributed by atoms with Crippen LogP contribution >= 0.6 is 0 Å². The van der Waals surface area contributed by atoms with Crippen LogP contribution in [0.25, 0.3) is 0 Å². The van der Waals surface area contributed by atoms with Crippen molar-refractivity contribution in [3.63, 3.8) is 0 Å². The van der Waals surface area contributed by atoms with Crippen LogP contribution in [0.3, 0.4) is 0 Å². The van der Waals surface area contributed by atoms with Crippen molar-refractivity contribution >= 4 is 15.9 Å². The summed E-state index contributed by atoms with van der Waals surface area (Å²) in [7, 11) is -3.66. The third kappa shape index (κ3) is 4.24. The molecule has 0 bridgehead atoms. The highest BCUT2D eigenvalue weighted by Gasteiger charge is 2.08. The summed E-state index contributed by atoms with van der Waals surface area (Å²) in [6.07, 6.45) is 0. The van der Waals surface area contributed by atoms with E-state index in [1.807, 2.05) is 0 Å². The molecule has 0 saturated heterocycles. The summed E-state index contributed by atoms with van der Waals surface area (Å²) in [6.45, 7) is 0.328. The molecule has 0 unspecified atom stereocenters. The predicted molar refractivity (Wildman–Crippen MR) is 56.0 cm³/mol. The molecule has 1 rings (SSSR count). The Morgan fingerprint density at radius 3 is 2.73 bits per heavy atom. The van der Waals surface area contributed by atoms with Gasteiger partial charge in [-0.3, -0.25) is 4.72 Å². The summed E-state index contributed by atoms with van der Waals surface area (Å²) in [6, 6.07) is 5.17. The van der Waals surface area contributed by atoms with Crippen LogP contribution in [0.2, 0.25) is 0 Å². The third-order valence-corrected chi connectivity index (χ3v) is 2.60. The van der Waals surface area contributed by atoms with Gasteiger partial charge in [-0.25, -0.2) is 4.39 Å². The Kier molecular flexibility index (Phi) is 4.01. The van der Waals surface area contributed by atoms with Gasteiger partial charge in [-0.1, -0.05) is 6.07 Å². The van der Waals surface area contributed by atoms with Crippen molar-refractivity contribution in [3.05, 3.63) is 30.1 Å². The van der Waals surface area contributed by atoms with Crippen LogP contribution in [0.5, 0.6) is 0 Å². The molecule has 0 aliphatic rings. The fourth-order valence-electron chi connectivity index (χ4n) is 0.936. The predicted octanol–water partition coefficient (Wildman–Crippen LogP) is 0.0307. The normalized spacial score (nSPS) is 11.3. The van der Waals surface area contributed by atoms with E-state index in [0.29, 0.717) is 0 Å². The van der Waals surface area contributed by atoms with Crippen molar-refractivity contribution in [2.24, 2.45) is 5.73 Å². The van der Waals surface area contributed by atoms with Crippen molar-refractivity contribution in [1.82, 2.24) is 4.72 Å². The van der Waals surface area contributed by atoms with Crippen molar-refractivity contribution in [2.75, 3.05) is 17.8 Å².